The van der Waals surface area contributed by atoms with Crippen LogP contribution in [0.3, 0.4) is 0 Å². The van der Waals surface area contributed by atoms with Crippen molar-refractivity contribution >= 4 is 11.9 Å². The van der Waals surface area contributed by atoms with Crippen LogP contribution in [0.25, 0.3) is 0 Å². The lowest BCUT2D eigenvalue weighted by molar-refractivity contribution is -0.124. The number of amides is 1. The van der Waals surface area contributed by atoms with Gasteiger partial charge in [-0.05, 0) is 13.3 Å². The maximum absolute atomic E-state index is 11.5. The number of rotatable bonds is 6. The molecule has 0 unspecified atom stereocenters. The molecular formula is C12H17N3O3. The molecule has 18 heavy (non-hydrogen) atoms. The lowest BCUT2D eigenvalue weighted by Gasteiger charge is -2.12. The second kappa shape index (κ2) is 7.37. The molecule has 98 valence electrons. The number of aromatic nitrogens is 2. The molecule has 0 radical (unpaired) electrons. The normalized spacial score (nSPS) is 11.7. The molecule has 0 saturated carbocycles. The zero-order chi connectivity index (χ0) is 13.4. The molecule has 0 aliphatic heterocycles. The number of nitrogens with zero attached hydrogens (tertiary/aromatic N) is 2. The molecule has 1 amide bonds. The zero-order valence-electron chi connectivity index (χ0n) is 10.5. The Kier molecular flexibility index (Phi) is 5.76. The number of hydrogen-bond donors (Lipinski definition) is 1. The van der Waals surface area contributed by atoms with Crippen molar-refractivity contribution in [1.82, 2.24) is 15.3 Å². The number of ether oxygens (including phenoxy) is 1. The molecule has 0 aliphatic carbocycles. The van der Waals surface area contributed by atoms with Crippen LogP contribution in [0, 0.1) is 0 Å². The number of hydrogen-bond acceptors (Lipinski definition) is 5. The monoisotopic (exact) mass is 251 g/mol. The molecule has 1 aromatic heterocycles. The molecular weight excluding hydrogens is 234 g/mol. The minimum absolute atomic E-state index is 0.0812. The molecule has 1 aromatic rings. The summed E-state index contributed by atoms with van der Waals surface area (Å²) in [5, 5.41) is 2.74. The highest BCUT2D eigenvalue weighted by Crippen LogP contribution is 1.96. The largest absolute Gasteiger partial charge is 0.451 e. The maximum atomic E-state index is 11.5. The Balaban J connectivity index is 2.33. The van der Waals surface area contributed by atoms with E-state index in [4.69, 9.17) is 4.74 Å². The summed E-state index contributed by atoms with van der Waals surface area (Å²) < 4.78 is 4.82. The summed E-state index contributed by atoms with van der Waals surface area (Å²) >= 11 is 0. The van der Waals surface area contributed by atoms with E-state index >= 15 is 0 Å². The van der Waals surface area contributed by atoms with Crippen LogP contribution in [0.4, 0.5) is 0 Å². The van der Waals surface area contributed by atoms with Gasteiger partial charge in [-0.2, -0.15) is 0 Å². The second-order valence-electron chi connectivity index (χ2n) is 3.92. The van der Waals surface area contributed by atoms with E-state index in [-0.39, 0.29) is 24.2 Å². The smallest absolute Gasteiger partial charge is 0.359 e. The standard InChI is InChI=1S/C12H17N3O3/c1-3-4-9(2)15-11(16)8-18-12(17)10-7-13-5-6-14-10/h5-7,9H,3-4,8H2,1-2H3,(H,15,16)/t9-/m1/s1. The van der Waals surface area contributed by atoms with Crippen LogP contribution < -0.4 is 5.32 Å². The first kappa shape index (κ1) is 14.1. The third-order valence-electron chi connectivity index (χ3n) is 2.24. The van der Waals surface area contributed by atoms with Gasteiger partial charge in [0.05, 0.1) is 6.20 Å². The highest BCUT2D eigenvalue weighted by Gasteiger charge is 2.12. The molecule has 1 rings (SSSR count). The van der Waals surface area contributed by atoms with Gasteiger partial charge in [0, 0.05) is 18.4 Å². The third-order valence-corrected chi connectivity index (χ3v) is 2.24. The zero-order valence-corrected chi connectivity index (χ0v) is 10.5. The van der Waals surface area contributed by atoms with Gasteiger partial charge >= 0.3 is 5.97 Å². The van der Waals surface area contributed by atoms with E-state index in [0.29, 0.717) is 0 Å². The van der Waals surface area contributed by atoms with Crippen LogP contribution >= 0.6 is 0 Å². The van der Waals surface area contributed by atoms with Crippen molar-refractivity contribution in [2.24, 2.45) is 0 Å². The van der Waals surface area contributed by atoms with E-state index in [0.717, 1.165) is 12.8 Å². The van der Waals surface area contributed by atoms with E-state index in [2.05, 4.69) is 15.3 Å². The maximum Gasteiger partial charge on any atom is 0.359 e. The van der Waals surface area contributed by atoms with Gasteiger partial charge in [0.25, 0.3) is 5.91 Å². The molecule has 0 spiro atoms. The molecule has 0 aromatic carbocycles. The van der Waals surface area contributed by atoms with Crippen molar-refractivity contribution < 1.29 is 14.3 Å². The summed E-state index contributed by atoms with van der Waals surface area (Å²) in [5.41, 5.74) is 0.0897. The van der Waals surface area contributed by atoms with E-state index < -0.39 is 5.97 Å². The van der Waals surface area contributed by atoms with Crippen molar-refractivity contribution in [2.75, 3.05) is 6.61 Å². The Bertz CT molecular complexity index is 395. The third kappa shape index (κ3) is 4.90. The first-order valence-corrected chi connectivity index (χ1v) is 5.86. The van der Waals surface area contributed by atoms with Crippen molar-refractivity contribution in [1.29, 1.82) is 0 Å². The lowest BCUT2D eigenvalue weighted by Crippen LogP contribution is -2.35. The van der Waals surface area contributed by atoms with Crippen LogP contribution in [0.15, 0.2) is 18.6 Å². The molecule has 1 N–H and O–H groups in total. The summed E-state index contributed by atoms with van der Waals surface area (Å²) in [6.45, 7) is 3.64. The van der Waals surface area contributed by atoms with Crippen LogP contribution in [0.1, 0.15) is 37.2 Å². The van der Waals surface area contributed by atoms with E-state index in [1.54, 1.807) is 0 Å². The fourth-order valence-corrected chi connectivity index (χ4v) is 1.43. The van der Waals surface area contributed by atoms with Crippen molar-refractivity contribution in [3.63, 3.8) is 0 Å². The Morgan fingerprint density at radius 1 is 1.44 bits per heavy atom. The molecule has 1 heterocycles. The predicted octanol–water partition coefficient (Wildman–Crippen LogP) is 0.938. The first-order chi connectivity index (χ1) is 8.63. The molecule has 6 nitrogen and oxygen atoms in total. The van der Waals surface area contributed by atoms with Crippen LogP contribution in [-0.2, 0) is 9.53 Å². The van der Waals surface area contributed by atoms with Gasteiger partial charge in [-0.15, -0.1) is 0 Å². The number of nitrogens with one attached hydrogen (secondary N) is 1. The van der Waals surface area contributed by atoms with Crippen molar-refractivity contribution in [3.05, 3.63) is 24.3 Å². The van der Waals surface area contributed by atoms with Crippen LogP contribution in [0.5, 0.6) is 0 Å². The van der Waals surface area contributed by atoms with Gasteiger partial charge < -0.3 is 10.1 Å². The summed E-state index contributed by atoms with van der Waals surface area (Å²) in [7, 11) is 0. The number of carbonyl (C=O) groups excluding carboxylic acids is 2. The summed E-state index contributed by atoms with van der Waals surface area (Å²) in [6, 6.07) is 0.0812. The van der Waals surface area contributed by atoms with Gasteiger partial charge in [-0.3, -0.25) is 9.78 Å². The Morgan fingerprint density at radius 2 is 2.22 bits per heavy atom. The van der Waals surface area contributed by atoms with Gasteiger partial charge in [-0.1, -0.05) is 13.3 Å². The Morgan fingerprint density at radius 3 is 2.83 bits per heavy atom. The summed E-state index contributed by atoms with van der Waals surface area (Å²) in [6.07, 6.45) is 6.01. The first-order valence-electron chi connectivity index (χ1n) is 5.86. The lowest BCUT2D eigenvalue weighted by atomic mass is 10.2. The summed E-state index contributed by atoms with van der Waals surface area (Å²) in [5.74, 6) is -0.963. The van der Waals surface area contributed by atoms with E-state index in [9.17, 15) is 9.59 Å². The molecule has 6 heteroatoms. The van der Waals surface area contributed by atoms with Gasteiger partial charge in [0.2, 0.25) is 0 Å². The molecule has 0 bridgehead atoms. The average molecular weight is 251 g/mol. The van der Waals surface area contributed by atoms with Crippen molar-refractivity contribution in [2.45, 2.75) is 32.7 Å². The highest BCUT2D eigenvalue weighted by atomic mass is 16.5. The molecule has 0 saturated heterocycles. The van der Waals surface area contributed by atoms with Gasteiger partial charge in [-0.25, -0.2) is 9.78 Å². The van der Waals surface area contributed by atoms with Gasteiger partial charge in [0.15, 0.2) is 12.3 Å². The van der Waals surface area contributed by atoms with E-state index in [1.165, 1.54) is 18.6 Å². The number of esters is 1. The van der Waals surface area contributed by atoms with Crippen LogP contribution in [0.2, 0.25) is 0 Å². The van der Waals surface area contributed by atoms with Crippen molar-refractivity contribution in [3.8, 4) is 0 Å². The fourth-order valence-electron chi connectivity index (χ4n) is 1.43. The highest BCUT2D eigenvalue weighted by molar-refractivity contribution is 5.89. The minimum Gasteiger partial charge on any atom is -0.451 e. The summed E-state index contributed by atoms with van der Waals surface area (Å²) in [4.78, 5) is 30.4. The second-order valence-corrected chi connectivity index (χ2v) is 3.92. The minimum atomic E-state index is -0.651. The predicted molar refractivity (Wildman–Crippen MR) is 64.8 cm³/mol. The fraction of sp³-hybridized carbons (Fsp3) is 0.500. The Hall–Kier alpha value is -1.98. The molecule has 0 aliphatic rings. The molecule has 0 fully saturated rings. The SMILES string of the molecule is CCC[C@@H](C)NC(=O)COC(=O)c1cnccn1. The quantitative estimate of drug-likeness (QED) is 0.761. The van der Waals surface area contributed by atoms with Crippen LogP contribution in [-0.4, -0.2) is 34.5 Å². The number of carbonyl (C=O) groups is 2. The molecule has 1 atom stereocenters. The topological polar surface area (TPSA) is 81.2 Å². The Labute approximate surface area is 106 Å². The van der Waals surface area contributed by atoms with Gasteiger partial charge in [0.1, 0.15) is 0 Å². The average Bonchev–Trinajstić information content (AvgIpc) is 2.37. The van der Waals surface area contributed by atoms with E-state index in [1.807, 2.05) is 13.8 Å².